The lowest BCUT2D eigenvalue weighted by molar-refractivity contribution is 0.683. The highest BCUT2D eigenvalue weighted by Crippen LogP contribution is 2.34. The molecule has 0 amide bonds. The van der Waals surface area contributed by atoms with Crippen molar-refractivity contribution in [3.05, 3.63) is 71.5 Å². The van der Waals surface area contributed by atoms with Crippen molar-refractivity contribution in [3.8, 4) is 0 Å². The quantitative estimate of drug-likeness (QED) is 0.670. The van der Waals surface area contributed by atoms with Crippen LogP contribution in [-0.4, -0.2) is 10.2 Å². The van der Waals surface area contributed by atoms with Gasteiger partial charge in [0, 0.05) is 10.8 Å². The molecule has 0 N–H and O–H groups in total. The molecule has 0 aliphatic carbocycles. The van der Waals surface area contributed by atoms with Crippen molar-refractivity contribution in [2.24, 2.45) is 10.2 Å². The van der Waals surface area contributed by atoms with Crippen LogP contribution in [0.5, 0.6) is 0 Å². The fourth-order valence-corrected chi connectivity index (χ4v) is 2.66. The first-order chi connectivity index (χ1) is 9.93. The monoisotopic (exact) mass is 260 g/mol. The van der Waals surface area contributed by atoms with Gasteiger partial charge in [0.1, 0.15) is 11.7 Å². The Morgan fingerprint density at radius 3 is 2.80 bits per heavy atom. The minimum atomic E-state index is -0.154. The van der Waals surface area contributed by atoms with E-state index in [1.807, 2.05) is 30.3 Å². The summed E-state index contributed by atoms with van der Waals surface area (Å²) in [6.45, 7) is 0.644. The van der Waals surface area contributed by atoms with Crippen LogP contribution in [-0.2, 0) is 6.54 Å². The molecular weight excluding hydrogens is 248 g/mol. The molecule has 0 fully saturated rings. The lowest BCUT2D eigenvalue weighted by Gasteiger charge is -2.19. The zero-order valence-electron chi connectivity index (χ0n) is 10.8. The summed E-state index contributed by atoms with van der Waals surface area (Å²) in [6, 6.07) is 16.2. The highest BCUT2D eigenvalue weighted by molar-refractivity contribution is 5.84. The summed E-state index contributed by atoms with van der Waals surface area (Å²) in [7, 11) is 0. The summed E-state index contributed by atoms with van der Waals surface area (Å²) >= 11 is 0. The maximum absolute atomic E-state index is 4.41. The Hall–Kier alpha value is -2.62. The third kappa shape index (κ3) is 1.69. The highest BCUT2D eigenvalue weighted by Gasteiger charge is 2.23. The van der Waals surface area contributed by atoms with Crippen LogP contribution >= 0.6 is 0 Å². The van der Waals surface area contributed by atoms with Crippen LogP contribution in [0.1, 0.15) is 22.9 Å². The summed E-state index contributed by atoms with van der Waals surface area (Å²) < 4.78 is 0. The molecule has 3 aromatic rings. The number of nitrogens with zero attached hydrogens (tertiary/aromatic N) is 4. The molecule has 4 nitrogen and oxygen atoms in total. The minimum absolute atomic E-state index is 0.154. The van der Waals surface area contributed by atoms with Gasteiger partial charge in [-0.05, 0) is 11.1 Å². The fourth-order valence-electron chi connectivity index (χ4n) is 2.66. The van der Waals surface area contributed by atoms with Crippen LogP contribution in [0.2, 0.25) is 0 Å². The van der Waals surface area contributed by atoms with Crippen molar-refractivity contribution in [3.63, 3.8) is 0 Å². The maximum atomic E-state index is 4.41. The molecule has 0 saturated carbocycles. The van der Waals surface area contributed by atoms with E-state index in [-0.39, 0.29) is 6.04 Å². The normalized spacial score (nSPS) is 17.1. The van der Waals surface area contributed by atoms with E-state index in [2.05, 4.69) is 38.6 Å². The zero-order valence-corrected chi connectivity index (χ0v) is 10.8. The first kappa shape index (κ1) is 11.2. The summed E-state index contributed by atoms with van der Waals surface area (Å²) in [5.41, 5.74) is 3.26. The second-order valence-corrected chi connectivity index (χ2v) is 4.83. The van der Waals surface area contributed by atoms with Crippen LogP contribution in [0.3, 0.4) is 0 Å². The maximum Gasteiger partial charge on any atom is 0.140 e. The minimum Gasteiger partial charge on any atom is -0.188 e. The highest BCUT2D eigenvalue weighted by atomic mass is 15.2. The third-order valence-electron chi connectivity index (χ3n) is 3.65. The van der Waals surface area contributed by atoms with E-state index in [0.717, 1.165) is 16.5 Å². The second kappa shape index (κ2) is 4.49. The molecule has 2 heterocycles. The van der Waals surface area contributed by atoms with Crippen molar-refractivity contribution < 1.29 is 0 Å². The van der Waals surface area contributed by atoms with E-state index >= 15 is 0 Å². The topological polar surface area (TPSA) is 50.5 Å². The lowest BCUT2D eigenvalue weighted by Crippen LogP contribution is -2.08. The molecular formula is C16H12N4. The number of benzene rings is 2. The predicted molar refractivity (Wildman–Crippen MR) is 76.4 cm³/mol. The van der Waals surface area contributed by atoms with Gasteiger partial charge in [-0.2, -0.15) is 20.4 Å². The van der Waals surface area contributed by atoms with Gasteiger partial charge in [0.05, 0.1) is 12.7 Å². The molecule has 0 radical (unpaired) electrons. The van der Waals surface area contributed by atoms with Gasteiger partial charge in [-0.15, -0.1) is 0 Å². The Balaban J connectivity index is 1.96. The number of aromatic nitrogens is 2. The molecule has 1 aliphatic heterocycles. The number of azo groups is 1. The Morgan fingerprint density at radius 2 is 1.80 bits per heavy atom. The number of hydrogen-bond donors (Lipinski definition) is 0. The van der Waals surface area contributed by atoms with Crippen molar-refractivity contribution in [1.82, 2.24) is 10.2 Å². The fraction of sp³-hybridized carbons (Fsp3) is 0.125. The molecule has 1 aliphatic rings. The lowest BCUT2D eigenvalue weighted by atomic mass is 9.95. The Kier molecular flexibility index (Phi) is 2.52. The van der Waals surface area contributed by atoms with Crippen molar-refractivity contribution in [1.29, 1.82) is 0 Å². The molecule has 20 heavy (non-hydrogen) atoms. The van der Waals surface area contributed by atoms with Crippen LogP contribution in [0.15, 0.2) is 65.0 Å². The van der Waals surface area contributed by atoms with Gasteiger partial charge < -0.3 is 0 Å². The number of fused-ring (bicyclic) bond motifs is 2. The Bertz CT molecular complexity index is 805. The molecule has 2 aromatic carbocycles. The average molecular weight is 260 g/mol. The van der Waals surface area contributed by atoms with E-state index < -0.39 is 0 Å². The molecule has 0 spiro atoms. The molecule has 1 aromatic heterocycles. The van der Waals surface area contributed by atoms with Crippen LogP contribution in [0.4, 0.5) is 0 Å². The molecule has 1 atom stereocenters. The van der Waals surface area contributed by atoms with Gasteiger partial charge >= 0.3 is 0 Å². The Morgan fingerprint density at radius 1 is 0.950 bits per heavy atom. The van der Waals surface area contributed by atoms with Crippen molar-refractivity contribution >= 4 is 10.8 Å². The largest absolute Gasteiger partial charge is 0.188 e. The van der Waals surface area contributed by atoms with E-state index in [0.29, 0.717) is 6.54 Å². The second-order valence-electron chi connectivity index (χ2n) is 4.83. The van der Waals surface area contributed by atoms with Gasteiger partial charge in [0.2, 0.25) is 0 Å². The summed E-state index contributed by atoms with van der Waals surface area (Å²) in [5, 5.41) is 19.3. The Labute approximate surface area is 116 Å². The van der Waals surface area contributed by atoms with Gasteiger partial charge in [-0.1, -0.05) is 48.5 Å². The first-order valence-corrected chi connectivity index (χ1v) is 6.58. The molecule has 4 heteroatoms. The van der Waals surface area contributed by atoms with Crippen molar-refractivity contribution in [2.75, 3.05) is 0 Å². The summed E-state index contributed by atoms with van der Waals surface area (Å²) in [4.78, 5) is 0. The third-order valence-corrected chi connectivity index (χ3v) is 3.65. The van der Waals surface area contributed by atoms with Gasteiger partial charge in [-0.25, -0.2) is 0 Å². The van der Waals surface area contributed by atoms with Crippen LogP contribution < -0.4 is 0 Å². The first-order valence-electron chi connectivity index (χ1n) is 6.58. The van der Waals surface area contributed by atoms with Crippen LogP contribution in [0, 0.1) is 0 Å². The molecule has 4 rings (SSSR count). The average Bonchev–Trinajstić information content (AvgIpc) is 2.54. The van der Waals surface area contributed by atoms with Gasteiger partial charge in [0.25, 0.3) is 0 Å². The predicted octanol–water partition coefficient (Wildman–Crippen LogP) is 3.69. The van der Waals surface area contributed by atoms with Crippen LogP contribution in [0.25, 0.3) is 10.8 Å². The van der Waals surface area contributed by atoms with Crippen molar-refractivity contribution in [2.45, 2.75) is 12.6 Å². The van der Waals surface area contributed by atoms with E-state index in [9.17, 15) is 0 Å². The molecule has 96 valence electrons. The summed E-state index contributed by atoms with van der Waals surface area (Å²) in [6.07, 6.45) is 1.78. The number of rotatable bonds is 1. The smallest absolute Gasteiger partial charge is 0.140 e. The standard InChI is InChI=1S/C16H12N4/c1-3-7-13-11(5-1)9-17-19-15(13)16-14-8-4-2-6-12(14)10-18-20-16/h1-9,16H,10H2. The molecule has 0 bridgehead atoms. The van der Waals surface area contributed by atoms with E-state index in [4.69, 9.17) is 0 Å². The molecule has 1 unspecified atom stereocenters. The summed E-state index contributed by atoms with van der Waals surface area (Å²) in [5.74, 6) is 0. The number of hydrogen-bond acceptors (Lipinski definition) is 4. The zero-order chi connectivity index (χ0) is 13.4. The SMILES string of the molecule is c1ccc2c(c1)CN=NC2c1nncc2ccccc12. The van der Waals surface area contributed by atoms with E-state index in [1.165, 1.54) is 11.1 Å². The van der Waals surface area contributed by atoms with E-state index in [1.54, 1.807) is 6.20 Å². The molecule has 0 saturated heterocycles. The van der Waals surface area contributed by atoms with Gasteiger partial charge in [-0.3, -0.25) is 0 Å². The van der Waals surface area contributed by atoms with Gasteiger partial charge in [0.15, 0.2) is 0 Å².